The largest absolute Gasteiger partial charge is 0.357 e. The van der Waals surface area contributed by atoms with Crippen LogP contribution in [0.25, 0.3) is 0 Å². The van der Waals surface area contributed by atoms with Gasteiger partial charge in [-0.2, -0.15) is 0 Å². The fourth-order valence-corrected chi connectivity index (χ4v) is 3.28. The van der Waals surface area contributed by atoms with Gasteiger partial charge >= 0.3 is 0 Å². The maximum atomic E-state index is 13.0. The Morgan fingerprint density at radius 2 is 1.73 bits per heavy atom. The molecule has 2 amide bonds. The molecule has 0 spiro atoms. The second kappa shape index (κ2) is 9.06. The Hall–Kier alpha value is -2.04. The van der Waals surface area contributed by atoms with Gasteiger partial charge < -0.3 is 10.2 Å². The Balaban J connectivity index is 2.30. The van der Waals surface area contributed by atoms with Crippen LogP contribution in [0.1, 0.15) is 23.6 Å². The van der Waals surface area contributed by atoms with E-state index in [9.17, 15) is 9.59 Å². The van der Waals surface area contributed by atoms with Crippen molar-refractivity contribution in [3.63, 3.8) is 0 Å². The highest BCUT2D eigenvalue weighted by molar-refractivity contribution is 6.36. The molecule has 2 aromatic rings. The molecular formula is C20H22Cl2N2O2. The summed E-state index contributed by atoms with van der Waals surface area (Å²) in [6.07, 6.45) is 0.0334. The molecule has 2 rings (SSSR count). The predicted octanol–water partition coefficient (Wildman–Crippen LogP) is 4.01. The van der Waals surface area contributed by atoms with Gasteiger partial charge in [0.1, 0.15) is 6.04 Å². The molecule has 0 aliphatic rings. The average Bonchev–Trinajstić information content (AvgIpc) is 2.61. The molecule has 0 heterocycles. The first kappa shape index (κ1) is 20.3. The van der Waals surface area contributed by atoms with Crippen LogP contribution < -0.4 is 5.32 Å². The monoisotopic (exact) mass is 392 g/mol. The van der Waals surface area contributed by atoms with Crippen LogP contribution in [0.4, 0.5) is 0 Å². The first-order valence-corrected chi connectivity index (χ1v) is 9.08. The first-order valence-electron chi connectivity index (χ1n) is 8.33. The summed E-state index contributed by atoms with van der Waals surface area (Å²) < 4.78 is 0. The minimum Gasteiger partial charge on any atom is -0.357 e. The van der Waals surface area contributed by atoms with Crippen molar-refractivity contribution in [2.45, 2.75) is 32.9 Å². The van der Waals surface area contributed by atoms with Crippen LogP contribution in [0.2, 0.25) is 10.0 Å². The second-order valence-electron chi connectivity index (χ2n) is 6.18. The zero-order chi connectivity index (χ0) is 19.3. The molecule has 1 atom stereocenters. The van der Waals surface area contributed by atoms with E-state index >= 15 is 0 Å². The zero-order valence-corrected chi connectivity index (χ0v) is 16.6. The molecular weight excluding hydrogens is 371 g/mol. The molecule has 0 bridgehead atoms. The van der Waals surface area contributed by atoms with Gasteiger partial charge in [-0.25, -0.2) is 0 Å². The lowest BCUT2D eigenvalue weighted by molar-refractivity contribution is -0.139. The number of hydrogen-bond donors (Lipinski definition) is 1. The van der Waals surface area contributed by atoms with E-state index in [1.54, 1.807) is 37.1 Å². The highest BCUT2D eigenvalue weighted by Crippen LogP contribution is 2.26. The zero-order valence-electron chi connectivity index (χ0n) is 15.1. The number of aryl methyl sites for hydroxylation is 1. The van der Waals surface area contributed by atoms with E-state index in [-0.39, 0.29) is 18.2 Å². The average molecular weight is 393 g/mol. The topological polar surface area (TPSA) is 49.4 Å². The fraction of sp³-hybridized carbons (Fsp3) is 0.300. The van der Waals surface area contributed by atoms with Crippen LogP contribution in [-0.4, -0.2) is 29.8 Å². The quantitative estimate of drug-likeness (QED) is 0.806. The number of hydrogen-bond acceptors (Lipinski definition) is 2. The third-order valence-corrected chi connectivity index (χ3v) is 4.95. The molecule has 0 aromatic heterocycles. The van der Waals surface area contributed by atoms with Crippen LogP contribution in [0, 0.1) is 6.92 Å². The Kier molecular flexibility index (Phi) is 7.06. The van der Waals surface area contributed by atoms with Gasteiger partial charge in [0.25, 0.3) is 0 Å². The molecule has 0 saturated carbocycles. The molecule has 6 heteroatoms. The third-order valence-electron chi connectivity index (χ3n) is 4.24. The number of nitrogens with one attached hydrogen (secondary N) is 1. The maximum Gasteiger partial charge on any atom is 0.242 e. The minimum absolute atomic E-state index is 0.0334. The van der Waals surface area contributed by atoms with E-state index in [4.69, 9.17) is 23.2 Å². The van der Waals surface area contributed by atoms with Gasteiger partial charge in [-0.05, 0) is 37.1 Å². The fourth-order valence-electron chi connectivity index (χ4n) is 2.75. The van der Waals surface area contributed by atoms with Crippen molar-refractivity contribution in [2.24, 2.45) is 0 Å². The normalized spacial score (nSPS) is 11.7. The van der Waals surface area contributed by atoms with Crippen LogP contribution in [0.3, 0.4) is 0 Å². The molecule has 0 fully saturated rings. The molecule has 0 aliphatic heterocycles. The van der Waals surface area contributed by atoms with Gasteiger partial charge in [0.2, 0.25) is 11.8 Å². The van der Waals surface area contributed by atoms with E-state index in [0.717, 1.165) is 11.1 Å². The maximum absolute atomic E-state index is 13.0. The Morgan fingerprint density at radius 1 is 1.12 bits per heavy atom. The van der Waals surface area contributed by atoms with Crippen LogP contribution in [-0.2, 0) is 22.6 Å². The number of benzene rings is 2. The van der Waals surface area contributed by atoms with Gasteiger partial charge in [0, 0.05) is 23.6 Å². The molecule has 4 nitrogen and oxygen atoms in total. The summed E-state index contributed by atoms with van der Waals surface area (Å²) in [5.41, 5.74) is 2.62. The number of halogens is 2. The van der Waals surface area contributed by atoms with E-state index in [2.05, 4.69) is 5.32 Å². The molecule has 26 heavy (non-hydrogen) atoms. The van der Waals surface area contributed by atoms with Gasteiger partial charge in [0.15, 0.2) is 0 Å². The Labute approximate surface area is 164 Å². The van der Waals surface area contributed by atoms with Crippen molar-refractivity contribution in [3.8, 4) is 0 Å². The number of likely N-dealkylation sites (N-methyl/N-ethyl adjacent to an activating group) is 1. The first-order chi connectivity index (χ1) is 12.3. The number of carbonyl (C=O) groups is 2. The van der Waals surface area contributed by atoms with Crippen molar-refractivity contribution < 1.29 is 9.59 Å². The van der Waals surface area contributed by atoms with Gasteiger partial charge in [-0.1, -0.05) is 59.1 Å². The van der Waals surface area contributed by atoms with Crippen molar-refractivity contribution in [1.29, 1.82) is 0 Å². The van der Waals surface area contributed by atoms with E-state index < -0.39 is 6.04 Å². The van der Waals surface area contributed by atoms with Gasteiger partial charge in [-0.15, -0.1) is 0 Å². The highest BCUT2D eigenvalue weighted by atomic mass is 35.5. The number of rotatable bonds is 6. The summed E-state index contributed by atoms with van der Waals surface area (Å²) in [5.74, 6) is -0.436. The molecule has 138 valence electrons. The van der Waals surface area contributed by atoms with Crippen LogP contribution >= 0.6 is 23.2 Å². The molecule has 0 aliphatic carbocycles. The summed E-state index contributed by atoms with van der Waals surface area (Å²) in [6, 6.07) is 12.4. The molecule has 2 aromatic carbocycles. The molecule has 1 N–H and O–H groups in total. The van der Waals surface area contributed by atoms with Crippen molar-refractivity contribution in [1.82, 2.24) is 10.2 Å². The lowest BCUT2D eigenvalue weighted by Crippen LogP contribution is -2.47. The van der Waals surface area contributed by atoms with E-state index in [1.165, 1.54) is 0 Å². The van der Waals surface area contributed by atoms with Gasteiger partial charge in [0.05, 0.1) is 6.42 Å². The lowest BCUT2D eigenvalue weighted by atomic mass is 10.1. The number of carbonyl (C=O) groups excluding carboxylic acids is 2. The summed E-state index contributed by atoms with van der Waals surface area (Å²) in [7, 11) is 1.55. The number of nitrogens with zero attached hydrogens (tertiary/aromatic N) is 1. The van der Waals surface area contributed by atoms with Crippen molar-refractivity contribution in [2.75, 3.05) is 7.05 Å². The molecule has 0 saturated heterocycles. The standard InChI is InChI=1S/C20H22Cl2N2O2/c1-13-6-4-7-15(10-13)12-24(14(2)20(26)23-3)19(25)11-16-17(21)8-5-9-18(16)22/h4-10,14H,11-12H2,1-3H3,(H,23,26)/t14-/m1/s1. The third kappa shape index (κ3) is 4.99. The lowest BCUT2D eigenvalue weighted by Gasteiger charge is -2.29. The Morgan fingerprint density at radius 3 is 2.31 bits per heavy atom. The summed E-state index contributed by atoms with van der Waals surface area (Å²) in [4.78, 5) is 26.7. The predicted molar refractivity (Wildman–Crippen MR) is 105 cm³/mol. The SMILES string of the molecule is CNC(=O)[C@@H](C)N(Cc1cccc(C)c1)C(=O)Cc1c(Cl)cccc1Cl. The minimum atomic E-state index is -0.616. The summed E-state index contributed by atoms with van der Waals surface area (Å²) >= 11 is 12.4. The Bertz CT molecular complexity index is 788. The number of amides is 2. The summed E-state index contributed by atoms with van der Waals surface area (Å²) in [5, 5.41) is 3.48. The van der Waals surface area contributed by atoms with E-state index in [0.29, 0.717) is 22.2 Å². The molecule has 0 unspecified atom stereocenters. The van der Waals surface area contributed by atoms with Gasteiger partial charge in [-0.3, -0.25) is 9.59 Å². The van der Waals surface area contributed by atoms with Crippen molar-refractivity contribution >= 4 is 35.0 Å². The van der Waals surface area contributed by atoms with Crippen LogP contribution in [0.5, 0.6) is 0 Å². The highest BCUT2D eigenvalue weighted by Gasteiger charge is 2.26. The van der Waals surface area contributed by atoms with E-state index in [1.807, 2.05) is 31.2 Å². The van der Waals surface area contributed by atoms with Crippen molar-refractivity contribution in [3.05, 3.63) is 69.2 Å². The molecule has 0 radical (unpaired) electrons. The smallest absolute Gasteiger partial charge is 0.242 e. The second-order valence-corrected chi connectivity index (χ2v) is 6.99. The van der Waals surface area contributed by atoms with Crippen LogP contribution in [0.15, 0.2) is 42.5 Å². The summed E-state index contributed by atoms with van der Waals surface area (Å²) in [6.45, 7) is 4.03.